The average Bonchev–Trinajstić information content (AvgIpc) is 2.94. The maximum absolute atomic E-state index is 11.8. The molecule has 2 bridgehead atoms. The van der Waals surface area contributed by atoms with Gasteiger partial charge in [-0.1, -0.05) is 74.3 Å². The number of aliphatic carboxylic acids is 1. The van der Waals surface area contributed by atoms with Crippen molar-refractivity contribution in [2.45, 2.75) is 15.1 Å². The van der Waals surface area contributed by atoms with Crippen molar-refractivity contribution in [2.75, 3.05) is 0 Å². The van der Waals surface area contributed by atoms with Gasteiger partial charge in [-0.15, -0.1) is 0 Å². The molecule has 0 saturated heterocycles. The zero-order chi connectivity index (χ0) is 13.0. The summed E-state index contributed by atoms with van der Waals surface area (Å²) in [6.07, 6.45) is 5.03. The number of carboxylic acids is 1. The van der Waals surface area contributed by atoms with E-state index in [4.69, 9.17) is 0 Å². The van der Waals surface area contributed by atoms with E-state index in [9.17, 15) is 9.90 Å². The summed E-state index contributed by atoms with van der Waals surface area (Å²) in [4.78, 5) is 11.8. The van der Waals surface area contributed by atoms with Gasteiger partial charge in [-0.2, -0.15) is 0 Å². The topological polar surface area (TPSA) is 37.3 Å². The molecule has 2 nitrogen and oxygen atoms in total. The number of hydrogen-bond acceptors (Lipinski definition) is 1. The second-order valence-corrected chi connectivity index (χ2v) is 7.43. The SMILES string of the molecule is O=C(O)C1(Br)C2C=CC(C2)C1(Br)c1ccccc1. The predicted octanol–water partition coefficient (Wildman–Crippen LogP) is 3.70. The van der Waals surface area contributed by atoms with Crippen LogP contribution in [0.25, 0.3) is 0 Å². The lowest BCUT2D eigenvalue weighted by Crippen LogP contribution is -2.51. The summed E-state index contributed by atoms with van der Waals surface area (Å²) < 4.78 is -1.55. The molecule has 4 atom stereocenters. The number of carboxylic acid groups (broad SMARTS) is 1. The van der Waals surface area contributed by atoms with E-state index in [1.54, 1.807) is 0 Å². The van der Waals surface area contributed by atoms with E-state index in [1.165, 1.54) is 0 Å². The quantitative estimate of drug-likeness (QED) is 0.635. The molecule has 2 aliphatic rings. The first-order valence-electron chi connectivity index (χ1n) is 5.86. The first-order valence-corrected chi connectivity index (χ1v) is 7.45. The van der Waals surface area contributed by atoms with Gasteiger partial charge in [0.2, 0.25) is 0 Å². The molecule has 2 aliphatic carbocycles. The van der Waals surface area contributed by atoms with Gasteiger partial charge in [0, 0.05) is 5.92 Å². The Labute approximate surface area is 122 Å². The molecule has 4 heteroatoms. The summed E-state index contributed by atoms with van der Waals surface area (Å²) in [6, 6.07) is 9.82. The van der Waals surface area contributed by atoms with Crippen LogP contribution in [-0.2, 0) is 9.12 Å². The van der Waals surface area contributed by atoms with Crippen LogP contribution < -0.4 is 0 Å². The van der Waals surface area contributed by atoms with Crippen LogP contribution in [0.4, 0.5) is 0 Å². The first-order chi connectivity index (χ1) is 8.51. The van der Waals surface area contributed by atoms with Crippen LogP contribution in [0.1, 0.15) is 12.0 Å². The zero-order valence-electron chi connectivity index (χ0n) is 9.51. The van der Waals surface area contributed by atoms with Crippen molar-refractivity contribution in [2.24, 2.45) is 11.8 Å². The highest BCUT2D eigenvalue weighted by molar-refractivity contribution is 9.13. The number of alkyl halides is 2. The number of fused-ring (bicyclic) bond motifs is 2. The molecule has 18 heavy (non-hydrogen) atoms. The summed E-state index contributed by atoms with van der Waals surface area (Å²) >= 11 is 7.28. The van der Waals surface area contributed by atoms with Gasteiger partial charge in [0.05, 0.1) is 4.32 Å². The normalized spacial score (nSPS) is 41.2. The standard InChI is InChI=1S/C14H12Br2O2/c15-13(9-4-2-1-3-5-9)10-6-7-11(8-10)14(13,16)12(17)18/h1-7,10-11H,8H2,(H,17,18). The van der Waals surface area contributed by atoms with Crippen LogP contribution in [0.2, 0.25) is 0 Å². The smallest absolute Gasteiger partial charge is 0.322 e. The lowest BCUT2D eigenvalue weighted by atomic mass is 9.78. The number of allylic oxidation sites excluding steroid dienone is 2. The Morgan fingerprint density at radius 3 is 2.39 bits per heavy atom. The van der Waals surface area contributed by atoms with Crippen molar-refractivity contribution < 1.29 is 9.90 Å². The summed E-state index contributed by atoms with van der Waals surface area (Å²) in [6.45, 7) is 0. The fraction of sp³-hybridized carbons (Fsp3) is 0.357. The third-order valence-corrected chi connectivity index (χ3v) is 7.90. The molecule has 94 valence electrons. The molecule has 0 heterocycles. The van der Waals surface area contributed by atoms with Gasteiger partial charge in [0.15, 0.2) is 0 Å². The molecule has 1 aromatic rings. The number of hydrogen-bond donors (Lipinski definition) is 1. The number of carbonyl (C=O) groups is 1. The Kier molecular flexibility index (Phi) is 2.72. The van der Waals surface area contributed by atoms with E-state index >= 15 is 0 Å². The second-order valence-electron chi connectivity index (χ2n) is 4.93. The molecule has 3 rings (SSSR count). The van der Waals surface area contributed by atoms with E-state index in [1.807, 2.05) is 36.4 Å². The zero-order valence-corrected chi connectivity index (χ0v) is 12.7. The second kappa shape index (κ2) is 3.94. The van der Waals surface area contributed by atoms with Crippen molar-refractivity contribution in [1.82, 2.24) is 0 Å². The van der Waals surface area contributed by atoms with Crippen LogP contribution in [0.15, 0.2) is 42.5 Å². The minimum absolute atomic E-state index is 0.0274. The maximum Gasteiger partial charge on any atom is 0.322 e. The van der Waals surface area contributed by atoms with Crippen molar-refractivity contribution in [3.8, 4) is 0 Å². The maximum atomic E-state index is 11.8. The highest BCUT2D eigenvalue weighted by Gasteiger charge is 2.68. The monoisotopic (exact) mass is 370 g/mol. The fourth-order valence-electron chi connectivity index (χ4n) is 3.25. The fourth-order valence-corrected chi connectivity index (χ4v) is 5.18. The summed E-state index contributed by atoms with van der Waals surface area (Å²) in [5.41, 5.74) is 1.01. The van der Waals surface area contributed by atoms with Crippen molar-refractivity contribution in [3.05, 3.63) is 48.0 Å². The Morgan fingerprint density at radius 2 is 1.78 bits per heavy atom. The third kappa shape index (κ3) is 1.31. The van der Waals surface area contributed by atoms with E-state index in [0.29, 0.717) is 0 Å². The number of halogens is 2. The van der Waals surface area contributed by atoms with Crippen LogP contribution in [0.3, 0.4) is 0 Å². The third-order valence-electron chi connectivity index (χ3n) is 4.14. The van der Waals surface area contributed by atoms with Crippen LogP contribution in [-0.4, -0.2) is 15.4 Å². The Bertz CT molecular complexity index is 528. The Hall–Kier alpha value is -0.610. The summed E-state index contributed by atoms with van der Waals surface area (Å²) in [7, 11) is 0. The molecule has 0 aliphatic heterocycles. The average molecular weight is 372 g/mol. The van der Waals surface area contributed by atoms with E-state index in [2.05, 4.69) is 37.9 Å². The predicted molar refractivity (Wildman–Crippen MR) is 77.1 cm³/mol. The molecule has 1 aromatic carbocycles. The van der Waals surface area contributed by atoms with Crippen molar-refractivity contribution in [3.63, 3.8) is 0 Å². The van der Waals surface area contributed by atoms with Gasteiger partial charge in [0.25, 0.3) is 0 Å². The molecular weight excluding hydrogens is 360 g/mol. The summed E-state index contributed by atoms with van der Waals surface area (Å²) in [5, 5.41) is 9.68. The van der Waals surface area contributed by atoms with Gasteiger partial charge in [0.1, 0.15) is 4.32 Å². The Balaban J connectivity index is 2.21. The highest BCUT2D eigenvalue weighted by Crippen LogP contribution is 2.66. The van der Waals surface area contributed by atoms with E-state index in [-0.39, 0.29) is 11.8 Å². The molecule has 1 N–H and O–H groups in total. The molecular formula is C14H12Br2O2. The van der Waals surface area contributed by atoms with Gasteiger partial charge in [-0.3, -0.25) is 4.79 Å². The molecule has 0 spiro atoms. The summed E-state index contributed by atoms with van der Waals surface area (Å²) in [5.74, 6) is -0.569. The van der Waals surface area contributed by atoms with Crippen molar-refractivity contribution >= 4 is 37.8 Å². The van der Waals surface area contributed by atoms with Gasteiger partial charge < -0.3 is 5.11 Å². The lowest BCUT2D eigenvalue weighted by Gasteiger charge is -2.41. The molecule has 0 radical (unpaired) electrons. The largest absolute Gasteiger partial charge is 0.480 e. The van der Waals surface area contributed by atoms with Gasteiger partial charge in [-0.05, 0) is 17.9 Å². The molecule has 4 unspecified atom stereocenters. The molecule has 0 amide bonds. The minimum Gasteiger partial charge on any atom is -0.480 e. The van der Waals surface area contributed by atoms with Gasteiger partial charge in [-0.25, -0.2) is 0 Å². The molecule has 0 aromatic heterocycles. The van der Waals surface area contributed by atoms with Crippen molar-refractivity contribution in [1.29, 1.82) is 0 Å². The number of rotatable bonds is 2. The molecule has 1 fully saturated rings. The van der Waals surface area contributed by atoms with Crippen LogP contribution in [0.5, 0.6) is 0 Å². The molecule has 1 saturated carbocycles. The minimum atomic E-state index is -0.971. The Morgan fingerprint density at radius 1 is 1.17 bits per heavy atom. The van der Waals surface area contributed by atoms with Gasteiger partial charge >= 0.3 is 5.97 Å². The lowest BCUT2D eigenvalue weighted by molar-refractivity contribution is -0.141. The number of benzene rings is 1. The first kappa shape index (κ1) is 12.4. The van der Waals surface area contributed by atoms with E-state index in [0.717, 1.165) is 12.0 Å². The highest BCUT2D eigenvalue weighted by atomic mass is 79.9. The van der Waals surface area contributed by atoms with E-state index < -0.39 is 14.6 Å². The van der Waals surface area contributed by atoms with Crippen LogP contribution >= 0.6 is 31.9 Å². The van der Waals surface area contributed by atoms with Crippen LogP contribution in [0, 0.1) is 11.8 Å².